The largest absolute Gasteiger partial charge is 0.464 e. The van der Waals surface area contributed by atoms with Crippen molar-refractivity contribution in [3.8, 4) is 0 Å². The van der Waals surface area contributed by atoms with Crippen molar-refractivity contribution in [1.82, 2.24) is 0 Å². The van der Waals surface area contributed by atoms with E-state index in [1.807, 2.05) is 13.8 Å². The molecular formula is C8H16O4. The Balaban J connectivity index is 3.56. The van der Waals surface area contributed by atoms with Crippen LogP contribution in [-0.2, 0) is 14.3 Å². The number of carbonyl (C=O) groups excluding carboxylic acids is 1. The van der Waals surface area contributed by atoms with Gasteiger partial charge in [-0.2, -0.15) is 0 Å². The molecule has 0 unspecified atom stereocenters. The summed E-state index contributed by atoms with van der Waals surface area (Å²) in [6, 6.07) is 0. The zero-order chi connectivity index (χ0) is 9.56. The number of carbonyl (C=O) groups is 1. The van der Waals surface area contributed by atoms with E-state index in [9.17, 15) is 4.79 Å². The molecule has 0 rings (SSSR count). The Morgan fingerprint density at radius 1 is 1.50 bits per heavy atom. The van der Waals surface area contributed by atoms with Crippen molar-refractivity contribution in [2.24, 2.45) is 0 Å². The van der Waals surface area contributed by atoms with E-state index in [4.69, 9.17) is 9.84 Å². The van der Waals surface area contributed by atoms with Crippen molar-refractivity contribution in [3.05, 3.63) is 0 Å². The van der Waals surface area contributed by atoms with Crippen molar-refractivity contribution in [2.45, 2.75) is 33.0 Å². The quantitative estimate of drug-likeness (QED) is 0.613. The number of aliphatic hydroxyl groups is 1. The lowest BCUT2D eigenvalue weighted by atomic mass is 10.4. The van der Waals surface area contributed by atoms with Crippen LogP contribution < -0.4 is 0 Å². The van der Waals surface area contributed by atoms with Crippen LogP contribution in [0.1, 0.15) is 20.8 Å². The van der Waals surface area contributed by atoms with E-state index in [1.54, 1.807) is 6.92 Å². The second kappa shape index (κ2) is 5.97. The molecule has 0 fully saturated rings. The van der Waals surface area contributed by atoms with Gasteiger partial charge in [0, 0.05) is 0 Å². The van der Waals surface area contributed by atoms with Crippen molar-refractivity contribution < 1.29 is 19.4 Å². The van der Waals surface area contributed by atoms with E-state index in [-0.39, 0.29) is 19.3 Å². The summed E-state index contributed by atoms with van der Waals surface area (Å²) in [5.41, 5.74) is 0. The average molecular weight is 176 g/mol. The zero-order valence-corrected chi connectivity index (χ0v) is 7.74. The van der Waals surface area contributed by atoms with Gasteiger partial charge in [0.25, 0.3) is 0 Å². The summed E-state index contributed by atoms with van der Waals surface area (Å²) >= 11 is 0. The molecule has 0 amide bonds. The number of rotatable bonds is 5. The molecule has 0 saturated carbocycles. The Morgan fingerprint density at radius 2 is 2.08 bits per heavy atom. The fraction of sp³-hybridized carbons (Fsp3) is 0.875. The molecular weight excluding hydrogens is 160 g/mol. The normalized spacial score (nSPS) is 13.1. The fourth-order valence-electron chi connectivity index (χ4n) is 0.590. The number of esters is 1. The predicted octanol–water partition coefficient (Wildman–Crippen LogP) is 0.335. The van der Waals surface area contributed by atoms with Gasteiger partial charge in [0.05, 0.1) is 19.3 Å². The predicted molar refractivity (Wildman–Crippen MR) is 43.7 cm³/mol. The van der Waals surface area contributed by atoms with Gasteiger partial charge in [-0.25, -0.2) is 4.79 Å². The molecule has 72 valence electrons. The third-order valence-corrected chi connectivity index (χ3v) is 1.15. The molecule has 0 aliphatic heterocycles. The van der Waals surface area contributed by atoms with Gasteiger partial charge < -0.3 is 14.6 Å². The molecule has 0 aliphatic carbocycles. The van der Waals surface area contributed by atoms with Crippen LogP contribution >= 0.6 is 0 Å². The molecule has 0 aromatic heterocycles. The Bertz CT molecular complexity index is 133. The Morgan fingerprint density at radius 3 is 2.50 bits per heavy atom. The molecule has 0 bridgehead atoms. The molecule has 12 heavy (non-hydrogen) atoms. The first-order valence-corrected chi connectivity index (χ1v) is 4.04. The van der Waals surface area contributed by atoms with E-state index >= 15 is 0 Å². The highest BCUT2D eigenvalue weighted by molar-refractivity contribution is 5.74. The molecule has 0 radical (unpaired) electrons. The van der Waals surface area contributed by atoms with Crippen molar-refractivity contribution in [2.75, 3.05) is 13.2 Å². The summed E-state index contributed by atoms with van der Waals surface area (Å²) in [5, 5.41) is 9.10. The van der Waals surface area contributed by atoms with Crippen LogP contribution in [0.3, 0.4) is 0 Å². The third kappa shape index (κ3) is 5.09. The number of hydrogen-bond donors (Lipinski definition) is 1. The van der Waals surface area contributed by atoms with Gasteiger partial charge in [0.15, 0.2) is 6.10 Å². The molecule has 0 heterocycles. The van der Waals surface area contributed by atoms with Crippen molar-refractivity contribution in [3.63, 3.8) is 0 Å². The second-order valence-corrected chi connectivity index (χ2v) is 2.65. The van der Waals surface area contributed by atoms with Crippen LogP contribution in [0.5, 0.6) is 0 Å². The summed E-state index contributed by atoms with van der Waals surface area (Å²) in [6.45, 7) is 5.62. The topological polar surface area (TPSA) is 55.8 Å². The summed E-state index contributed by atoms with van der Waals surface area (Å²) in [5.74, 6) is -0.627. The van der Waals surface area contributed by atoms with Crippen LogP contribution in [0.25, 0.3) is 0 Å². The van der Waals surface area contributed by atoms with Crippen molar-refractivity contribution >= 4 is 5.97 Å². The molecule has 4 nitrogen and oxygen atoms in total. The Kier molecular flexibility index (Phi) is 5.66. The summed E-state index contributed by atoms with van der Waals surface area (Å²) in [6.07, 6.45) is -1.15. The van der Waals surface area contributed by atoms with E-state index < -0.39 is 12.1 Å². The van der Waals surface area contributed by atoms with Gasteiger partial charge in [-0.1, -0.05) is 0 Å². The molecule has 0 saturated heterocycles. The summed E-state index contributed by atoms with van der Waals surface area (Å²) < 4.78 is 9.59. The molecule has 0 aliphatic rings. The second-order valence-electron chi connectivity index (χ2n) is 2.65. The van der Waals surface area contributed by atoms with E-state index in [0.717, 1.165) is 0 Å². The maximum atomic E-state index is 10.8. The van der Waals surface area contributed by atoms with Crippen LogP contribution in [-0.4, -0.2) is 36.5 Å². The first-order valence-electron chi connectivity index (χ1n) is 4.04. The minimum absolute atomic E-state index is 0.00347. The van der Waals surface area contributed by atoms with E-state index in [1.165, 1.54) is 0 Å². The summed E-state index contributed by atoms with van der Waals surface area (Å²) in [4.78, 5) is 10.8. The highest BCUT2D eigenvalue weighted by Gasteiger charge is 2.16. The lowest BCUT2D eigenvalue weighted by molar-refractivity contribution is -0.157. The van der Waals surface area contributed by atoms with Gasteiger partial charge >= 0.3 is 5.97 Å². The molecule has 1 atom stereocenters. The minimum Gasteiger partial charge on any atom is -0.464 e. The first-order chi connectivity index (χ1) is 5.57. The lowest BCUT2D eigenvalue weighted by Gasteiger charge is -2.11. The van der Waals surface area contributed by atoms with Crippen molar-refractivity contribution in [1.29, 1.82) is 0 Å². The van der Waals surface area contributed by atoms with E-state index in [0.29, 0.717) is 0 Å². The maximum absolute atomic E-state index is 10.8. The zero-order valence-electron chi connectivity index (χ0n) is 7.74. The highest BCUT2D eigenvalue weighted by atomic mass is 16.6. The monoisotopic (exact) mass is 176 g/mol. The lowest BCUT2D eigenvalue weighted by Crippen LogP contribution is -2.29. The van der Waals surface area contributed by atoms with Crippen LogP contribution in [0.2, 0.25) is 0 Å². The first kappa shape index (κ1) is 11.4. The number of ether oxygens (including phenoxy) is 2. The van der Waals surface area contributed by atoms with Gasteiger partial charge in [0.2, 0.25) is 0 Å². The van der Waals surface area contributed by atoms with Gasteiger partial charge in [-0.15, -0.1) is 0 Å². The minimum atomic E-state index is -1.16. The van der Waals surface area contributed by atoms with Gasteiger partial charge in [0.1, 0.15) is 0 Å². The molecule has 0 aromatic rings. The van der Waals surface area contributed by atoms with Crippen LogP contribution in [0, 0.1) is 0 Å². The third-order valence-electron chi connectivity index (χ3n) is 1.15. The molecule has 0 aromatic carbocycles. The Hall–Kier alpha value is -0.610. The van der Waals surface area contributed by atoms with Gasteiger partial charge in [-0.3, -0.25) is 0 Å². The average Bonchev–Trinajstić information content (AvgIpc) is 2.00. The number of hydrogen-bond acceptors (Lipinski definition) is 4. The van der Waals surface area contributed by atoms with Gasteiger partial charge in [-0.05, 0) is 20.8 Å². The highest BCUT2D eigenvalue weighted by Crippen LogP contribution is 1.94. The smallest absolute Gasteiger partial charge is 0.337 e. The molecule has 0 spiro atoms. The fourth-order valence-corrected chi connectivity index (χ4v) is 0.590. The summed E-state index contributed by atoms with van der Waals surface area (Å²) in [7, 11) is 0. The van der Waals surface area contributed by atoms with Crippen LogP contribution in [0.4, 0.5) is 0 Å². The molecule has 1 N–H and O–H groups in total. The standard InChI is InChI=1S/C8H16O4/c1-4-11-8(10)7(9)5-12-6(2)3/h6-7,9H,4-5H2,1-3H3/t7-/m1/s1. The number of aliphatic hydroxyl groups excluding tert-OH is 1. The Labute approximate surface area is 72.5 Å². The molecule has 4 heteroatoms. The van der Waals surface area contributed by atoms with E-state index in [2.05, 4.69) is 4.74 Å². The maximum Gasteiger partial charge on any atom is 0.337 e. The van der Waals surface area contributed by atoms with Crippen LogP contribution in [0.15, 0.2) is 0 Å². The SMILES string of the molecule is CCOC(=O)[C@H](O)COC(C)C.